The fraction of sp³-hybridized carbons (Fsp3) is 0.419. The summed E-state index contributed by atoms with van der Waals surface area (Å²) in [5, 5.41) is 2.66. The van der Waals surface area contributed by atoms with Gasteiger partial charge in [-0.1, -0.05) is 6.92 Å². The quantitative estimate of drug-likeness (QED) is 0.224. The van der Waals surface area contributed by atoms with Gasteiger partial charge in [-0.2, -0.15) is 4.39 Å². The van der Waals surface area contributed by atoms with E-state index >= 15 is 0 Å². The maximum absolute atomic E-state index is 13.5. The summed E-state index contributed by atoms with van der Waals surface area (Å²) in [7, 11) is 0. The number of piperidine rings is 1. The van der Waals surface area contributed by atoms with E-state index in [0.717, 1.165) is 23.5 Å². The Kier molecular flexibility index (Phi) is 9.98. The number of H-pyrrole nitrogens is 1. The Labute approximate surface area is 263 Å². The van der Waals surface area contributed by atoms with Gasteiger partial charge < -0.3 is 15.2 Å². The van der Waals surface area contributed by atoms with Crippen LogP contribution < -0.4 is 21.5 Å². The van der Waals surface area contributed by atoms with Crippen LogP contribution in [0.15, 0.2) is 46.2 Å². The van der Waals surface area contributed by atoms with Gasteiger partial charge in [0.2, 0.25) is 17.8 Å². The number of hydrogen-bond acceptors (Lipinski definition) is 8. The molecule has 0 aromatic carbocycles. The van der Waals surface area contributed by atoms with E-state index in [0.29, 0.717) is 43.7 Å². The fourth-order valence-corrected chi connectivity index (χ4v) is 5.45. The van der Waals surface area contributed by atoms with Gasteiger partial charge in [0.1, 0.15) is 17.2 Å². The van der Waals surface area contributed by atoms with E-state index in [2.05, 4.69) is 25.3 Å². The van der Waals surface area contributed by atoms with Gasteiger partial charge in [0, 0.05) is 70.6 Å². The van der Waals surface area contributed by atoms with Crippen molar-refractivity contribution in [3.63, 3.8) is 0 Å². The van der Waals surface area contributed by atoms with Crippen molar-refractivity contribution in [2.75, 3.05) is 31.1 Å². The number of aromatic amines is 1. The Morgan fingerprint density at radius 1 is 1.02 bits per heavy atom. The lowest BCUT2D eigenvalue weighted by molar-refractivity contribution is -0.133. The van der Waals surface area contributed by atoms with Crippen LogP contribution in [0.1, 0.15) is 56.3 Å². The molecule has 1 saturated heterocycles. The number of likely N-dealkylation sites (tertiary alicyclic amines) is 1. The standard InChI is InChI=1S/C31H36FN9O5/c1-3-13-41-30(45)26-28(40(31(41)46)17-12-33-20(2)42)37-27(36-26)21-9-11-24(35-18-21)39(29(44)22-8-10-23(32)34-19-22)16-6-15-38-14-5-4-7-25(38)43/h8-11,18-19H,3-7,12-17H2,1-2H3,(H,33,42)(H,36,37). The molecule has 0 unspecified atom stereocenters. The first-order chi connectivity index (χ1) is 22.2. The van der Waals surface area contributed by atoms with Crippen molar-refractivity contribution in [1.29, 1.82) is 0 Å². The minimum Gasteiger partial charge on any atom is -0.355 e. The number of imidazole rings is 1. The summed E-state index contributed by atoms with van der Waals surface area (Å²) >= 11 is 0. The monoisotopic (exact) mass is 633 g/mol. The number of rotatable bonds is 12. The number of carbonyl (C=O) groups is 3. The summed E-state index contributed by atoms with van der Waals surface area (Å²) in [5.41, 5.74) is -0.0524. The molecule has 5 rings (SSSR count). The van der Waals surface area contributed by atoms with Crippen molar-refractivity contribution in [3.8, 4) is 11.4 Å². The van der Waals surface area contributed by atoms with E-state index < -0.39 is 23.1 Å². The van der Waals surface area contributed by atoms with Crippen molar-refractivity contribution in [2.24, 2.45) is 0 Å². The van der Waals surface area contributed by atoms with Gasteiger partial charge in [-0.25, -0.2) is 19.7 Å². The number of nitrogens with zero attached hydrogens (tertiary/aromatic N) is 7. The third kappa shape index (κ3) is 7.03. The zero-order chi connectivity index (χ0) is 32.8. The van der Waals surface area contributed by atoms with Gasteiger partial charge in [0.25, 0.3) is 11.5 Å². The molecule has 2 N–H and O–H groups in total. The summed E-state index contributed by atoms with van der Waals surface area (Å²) in [6, 6.07) is 5.77. The van der Waals surface area contributed by atoms with Gasteiger partial charge in [-0.05, 0) is 49.9 Å². The molecule has 15 heteroatoms. The third-order valence-electron chi connectivity index (χ3n) is 7.77. The Morgan fingerprint density at radius 2 is 1.85 bits per heavy atom. The van der Waals surface area contributed by atoms with E-state index in [-0.39, 0.29) is 60.5 Å². The topological polar surface area (TPSA) is 168 Å². The van der Waals surface area contributed by atoms with Crippen LogP contribution in [0.5, 0.6) is 0 Å². The highest BCUT2D eigenvalue weighted by Crippen LogP contribution is 2.22. The van der Waals surface area contributed by atoms with Crippen LogP contribution in [0.2, 0.25) is 0 Å². The highest BCUT2D eigenvalue weighted by atomic mass is 19.1. The molecule has 14 nitrogen and oxygen atoms in total. The first-order valence-electron chi connectivity index (χ1n) is 15.3. The fourth-order valence-electron chi connectivity index (χ4n) is 5.45. The number of fused-ring (bicyclic) bond motifs is 1. The second kappa shape index (κ2) is 14.3. The molecule has 5 heterocycles. The largest absolute Gasteiger partial charge is 0.355 e. The lowest BCUT2D eigenvalue weighted by Gasteiger charge is -2.28. The molecule has 0 aliphatic carbocycles. The zero-order valence-electron chi connectivity index (χ0n) is 25.8. The van der Waals surface area contributed by atoms with Crippen LogP contribution >= 0.6 is 0 Å². The number of carbonyl (C=O) groups excluding carboxylic acids is 3. The molecule has 0 bridgehead atoms. The Balaban J connectivity index is 1.45. The van der Waals surface area contributed by atoms with Crippen molar-refractivity contribution < 1.29 is 18.8 Å². The SMILES string of the molecule is CCCn1c(=O)c2[nH]c(-c3ccc(N(CCCN4CCCCC4=O)C(=O)c4ccc(F)nc4)nc3)nc2n(CCNC(C)=O)c1=O. The highest BCUT2D eigenvalue weighted by molar-refractivity contribution is 6.05. The highest BCUT2D eigenvalue weighted by Gasteiger charge is 2.23. The van der Waals surface area contributed by atoms with Crippen LogP contribution in [-0.4, -0.2) is 77.9 Å². The van der Waals surface area contributed by atoms with Gasteiger partial charge in [0.15, 0.2) is 5.65 Å². The van der Waals surface area contributed by atoms with E-state index in [1.807, 2.05) is 6.92 Å². The number of aromatic nitrogens is 6. The molecule has 0 radical (unpaired) electrons. The van der Waals surface area contributed by atoms with Crippen LogP contribution in [0.4, 0.5) is 10.2 Å². The molecule has 242 valence electrons. The molecule has 4 aromatic rings. The minimum atomic E-state index is -0.706. The summed E-state index contributed by atoms with van der Waals surface area (Å²) in [4.78, 5) is 82.6. The molecular formula is C31H36FN9O5. The Bertz CT molecular complexity index is 1850. The number of halogens is 1. The summed E-state index contributed by atoms with van der Waals surface area (Å²) in [6.07, 6.45) is 6.07. The predicted molar refractivity (Wildman–Crippen MR) is 168 cm³/mol. The number of nitrogens with one attached hydrogen (secondary N) is 2. The Hall–Kier alpha value is -5.21. The van der Waals surface area contributed by atoms with E-state index in [1.165, 1.54) is 34.9 Å². The first kappa shape index (κ1) is 32.2. The smallest absolute Gasteiger partial charge is 0.332 e. The van der Waals surface area contributed by atoms with E-state index in [4.69, 9.17) is 0 Å². The minimum absolute atomic E-state index is 0.0992. The van der Waals surface area contributed by atoms with Crippen molar-refractivity contribution in [3.05, 3.63) is 69.0 Å². The van der Waals surface area contributed by atoms with Crippen LogP contribution in [0, 0.1) is 5.95 Å². The summed E-state index contributed by atoms with van der Waals surface area (Å²) in [5.74, 6) is -0.678. The third-order valence-corrected chi connectivity index (χ3v) is 7.77. The number of amides is 3. The molecule has 4 aromatic heterocycles. The van der Waals surface area contributed by atoms with Crippen LogP contribution in [-0.2, 0) is 22.7 Å². The maximum Gasteiger partial charge on any atom is 0.332 e. The van der Waals surface area contributed by atoms with Gasteiger partial charge in [0.05, 0.1) is 5.56 Å². The van der Waals surface area contributed by atoms with Crippen LogP contribution in [0.3, 0.4) is 0 Å². The normalized spacial score (nSPS) is 13.3. The molecule has 1 aliphatic rings. The molecule has 1 fully saturated rings. The molecule has 0 saturated carbocycles. The van der Waals surface area contributed by atoms with E-state index in [9.17, 15) is 28.4 Å². The second-order valence-electron chi connectivity index (χ2n) is 11.1. The lowest BCUT2D eigenvalue weighted by atomic mass is 10.1. The first-order valence-corrected chi connectivity index (χ1v) is 15.3. The number of anilines is 1. The van der Waals surface area contributed by atoms with Crippen molar-refractivity contribution >= 4 is 34.7 Å². The predicted octanol–water partition coefficient (Wildman–Crippen LogP) is 2.08. The van der Waals surface area contributed by atoms with Gasteiger partial charge in [-0.15, -0.1) is 0 Å². The average Bonchev–Trinajstić information content (AvgIpc) is 3.49. The van der Waals surface area contributed by atoms with Crippen molar-refractivity contribution in [2.45, 2.75) is 59.0 Å². The molecular weight excluding hydrogens is 597 g/mol. The number of hydrogen-bond donors (Lipinski definition) is 2. The van der Waals surface area contributed by atoms with Crippen molar-refractivity contribution in [1.82, 2.24) is 39.3 Å². The molecule has 0 atom stereocenters. The maximum atomic E-state index is 13.5. The summed E-state index contributed by atoms with van der Waals surface area (Å²) < 4.78 is 16.0. The summed E-state index contributed by atoms with van der Waals surface area (Å²) in [6.45, 7) is 5.15. The van der Waals surface area contributed by atoms with Gasteiger partial charge >= 0.3 is 5.69 Å². The molecule has 3 amide bonds. The number of pyridine rings is 2. The lowest BCUT2D eigenvalue weighted by Crippen LogP contribution is -2.41. The van der Waals surface area contributed by atoms with Gasteiger partial charge in [-0.3, -0.25) is 33.2 Å². The molecule has 1 aliphatic heterocycles. The second-order valence-corrected chi connectivity index (χ2v) is 11.1. The molecule has 0 spiro atoms. The Morgan fingerprint density at radius 3 is 2.52 bits per heavy atom. The van der Waals surface area contributed by atoms with E-state index in [1.54, 1.807) is 17.0 Å². The average molecular weight is 634 g/mol. The van der Waals surface area contributed by atoms with Crippen LogP contribution in [0.25, 0.3) is 22.6 Å². The zero-order valence-corrected chi connectivity index (χ0v) is 25.8. The molecule has 46 heavy (non-hydrogen) atoms.